The first-order valence-electron chi connectivity index (χ1n) is 9.61. The minimum atomic E-state index is -0.318. The molecule has 4 aromatic rings. The zero-order valence-corrected chi connectivity index (χ0v) is 18.5. The maximum atomic E-state index is 13.1. The molecular formula is C24H17ClFN3O2S. The van der Waals surface area contributed by atoms with E-state index < -0.39 is 0 Å². The summed E-state index contributed by atoms with van der Waals surface area (Å²) in [4.78, 5) is 25.8. The van der Waals surface area contributed by atoms with Crippen LogP contribution in [0, 0.1) is 12.7 Å². The second-order valence-electron chi connectivity index (χ2n) is 6.89. The van der Waals surface area contributed by atoms with Crippen LogP contribution in [0.25, 0.3) is 5.69 Å². The van der Waals surface area contributed by atoms with Crippen LogP contribution in [0.5, 0.6) is 0 Å². The van der Waals surface area contributed by atoms with Crippen molar-refractivity contribution in [1.29, 1.82) is 0 Å². The minimum Gasteiger partial charge on any atom is -0.322 e. The largest absolute Gasteiger partial charge is 0.322 e. The molecule has 0 spiro atoms. The number of nitrogens with zero attached hydrogens (tertiary/aromatic N) is 2. The van der Waals surface area contributed by atoms with Crippen LogP contribution in [-0.4, -0.2) is 15.7 Å². The third-order valence-corrected chi connectivity index (χ3v) is 6.05. The number of halogens is 2. The zero-order chi connectivity index (χ0) is 22.7. The summed E-state index contributed by atoms with van der Waals surface area (Å²) in [6.45, 7) is 1.83. The Morgan fingerprint density at radius 1 is 1.00 bits per heavy atom. The van der Waals surface area contributed by atoms with E-state index in [0.717, 1.165) is 10.5 Å². The van der Waals surface area contributed by atoms with E-state index in [1.54, 1.807) is 60.7 Å². The lowest BCUT2D eigenvalue weighted by Crippen LogP contribution is -2.20. The maximum Gasteiger partial charge on any atom is 0.271 e. The average Bonchev–Trinajstić information content (AvgIpc) is 2.80. The summed E-state index contributed by atoms with van der Waals surface area (Å²) in [6, 6.07) is 20.9. The Hall–Kier alpha value is -3.42. The molecule has 0 aliphatic heterocycles. The van der Waals surface area contributed by atoms with Crippen molar-refractivity contribution in [1.82, 2.24) is 9.78 Å². The van der Waals surface area contributed by atoms with E-state index in [2.05, 4.69) is 10.4 Å². The molecule has 0 aliphatic rings. The number of hydrogen-bond donors (Lipinski definition) is 1. The van der Waals surface area contributed by atoms with Crippen molar-refractivity contribution in [2.45, 2.75) is 16.8 Å². The van der Waals surface area contributed by atoms with Crippen molar-refractivity contribution in [3.8, 4) is 5.69 Å². The lowest BCUT2D eigenvalue weighted by molar-refractivity contribution is 0.102. The Morgan fingerprint density at radius 2 is 1.72 bits per heavy atom. The summed E-state index contributed by atoms with van der Waals surface area (Å²) in [5.74, 6) is -0.607. The number of aromatic nitrogens is 2. The standard InChI is InChI=1S/C24H17ClFN3O2S/c1-15-20(25)3-2-4-21(15)27-24(31)16-5-9-18(10-6-16)29-23(30)14-13-22(28-29)32-19-11-7-17(26)8-12-19/h2-14H,1H3,(H,27,31). The zero-order valence-electron chi connectivity index (χ0n) is 16.9. The highest BCUT2D eigenvalue weighted by Crippen LogP contribution is 2.26. The Morgan fingerprint density at radius 3 is 2.44 bits per heavy atom. The molecule has 4 rings (SSSR count). The Balaban J connectivity index is 1.54. The molecule has 0 aliphatic carbocycles. The minimum absolute atomic E-state index is 0.289. The van der Waals surface area contributed by atoms with Gasteiger partial charge in [-0.2, -0.15) is 9.78 Å². The fraction of sp³-hybridized carbons (Fsp3) is 0.0417. The molecule has 0 atom stereocenters. The van der Waals surface area contributed by atoms with Crippen molar-refractivity contribution in [2.24, 2.45) is 0 Å². The topological polar surface area (TPSA) is 64.0 Å². The Labute approximate surface area is 192 Å². The number of carbonyl (C=O) groups is 1. The lowest BCUT2D eigenvalue weighted by atomic mass is 10.1. The van der Waals surface area contributed by atoms with E-state index in [9.17, 15) is 14.0 Å². The highest BCUT2D eigenvalue weighted by atomic mass is 35.5. The molecule has 0 saturated heterocycles. The van der Waals surface area contributed by atoms with Gasteiger partial charge in [0.05, 0.1) is 5.69 Å². The summed E-state index contributed by atoms with van der Waals surface area (Å²) < 4.78 is 14.4. The first-order chi connectivity index (χ1) is 15.4. The molecule has 0 unspecified atom stereocenters. The lowest BCUT2D eigenvalue weighted by Gasteiger charge is -2.10. The average molecular weight is 466 g/mol. The van der Waals surface area contributed by atoms with Gasteiger partial charge >= 0.3 is 0 Å². The van der Waals surface area contributed by atoms with Gasteiger partial charge in [-0.15, -0.1) is 0 Å². The van der Waals surface area contributed by atoms with Gasteiger partial charge in [0.2, 0.25) is 0 Å². The van der Waals surface area contributed by atoms with Gasteiger partial charge in [-0.25, -0.2) is 4.39 Å². The number of rotatable bonds is 5. The normalized spacial score (nSPS) is 10.7. The van der Waals surface area contributed by atoms with Gasteiger partial charge in [0.25, 0.3) is 11.5 Å². The third-order valence-electron chi connectivity index (χ3n) is 4.70. The van der Waals surface area contributed by atoms with Gasteiger partial charge < -0.3 is 5.32 Å². The molecule has 160 valence electrons. The Kier molecular flexibility index (Phi) is 6.39. The van der Waals surface area contributed by atoms with Crippen molar-refractivity contribution < 1.29 is 9.18 Å². The molecule has 1 amide bonds. The molecule has 0 radical (unpaired) electrons. The molecule has 0 saturated carbocycles. The van der Waals surface area contributed by atoms with Gasteiger partial charge in [0.1, 0.15) is 10.8 Å². The van der Waals surface area contributed by atoms with Crippen LogP contribution in [0.4, 0.5) is 10.1 Å². The van der Waals surface area contributed by atoms with E-state index in [1.165, 1.54) is 34.6 Å². The van der Waals surface area contributed by atoms with Crippen LogP contribution >= 0.6 is 23.4 Å². The molecule has 32 heavy (non-hydrogen) atoms. The molecule has 1 heterocycles. The van der Waals surface area contributed by atoms with E-state index >= 15 is 0 Å². The van der Waals surface area contributed by atoms with Gasteiger partial charge in [-0.05, 0) is 79.2 Å². The number of benzene rings is 3. The first kappa shape index (κ1) is 21.8. The molecular weight excluding hydrogens is 449 g/mol. The maximum absolute atomic E-state index is 13.1. The molecule has 1 N–H and O–H groups in total. The molecule has 0 bridgehead atoms. The van der Waals surface area contributed by atoms with Crippen molar-refractivity contribution in [3.63, 3.8) is 0 Å². The van der Waals surface area contributed by atoms with E-state index in [-0.39, 0.29) is 17.3 Å². The number of hydrogen-bond acceptors (Lipinski definition) is 4. The number of carbonyl (C=O) groups excluding carboxylic acids is 1. The summed E-state index contributed by atoms with van der Waals surface area (Å²) >= 11 is 7.42. The van der Waals surface area contributed by atoms with E-state index in [1.807, 2.05) is 6.92 Å². The second-order valence-corrected chi connectivity index (χ2v) is 8.39. The van der Waals surface area contributed by atoms with Crippen LogP contribution in [0.1, 0.15) is 15.9 Å². The van der Waals surface area contributed by atoms with E-state index in [0.29, 0.717) is 27.0 Å². The third kappa shape index (κ3) is 4.90. The second kappa shape index (κ2) is 9.38. The quantitative estimate of drug-likeness (QED) is 0.408. The van der Waals surface area contributed by atoms with Crippen LogP contribution in [0.15, 0.2) is 93.6 Å². The van der Waals surface area contributed by atoms with Crippen molar-refractivity contribution >= 4 is 35.0 Å². The highest BCUT2D eigenvalue weighted by molar-refractivity contribution is 7.99. The molecule has 1 aromatic heterocycles. The number of anilines is 1. The smallest absolute Gasteiger partial charge is 0.271 e. The van der Waals surface area contributed by atoms with E-state index in [4.69, 9.17) is 11.6 Å². The van der Waals surface area contributed by atoms with Gasteiger partial charge in [-0.3, -0.25) is 9.59 Å². The van der Waals surface area contributed by atoms with Crippen LogP contribution < -0.4 is 10.9 Å². The summed E-state index contributed by atoms with van der Waals surface area (Å²) in [5, 5.41) is 8.37. The first-order valence-corrected chi connectivity index (χ1v) is 10.8. The monoisotopic (exact) mass is 465 g/mol. The summed E-state index contributed by atoms with van der Waals surface area (Å²) in [6.07, 6.45) is 0. The predicted octanol–water partition coefficient (Wildman–Crippen LogP) is 5.74. The fourth-order valence-electron chi connectivity index (χ4n) is 2.95. The summed E-state index contributed by atoms with van der Waals surface area (Å²) in [5.41, 5.74) is 2.06. The van der Waals surface area contributed by atoms with Crippen LogP contribution in [0.2, 0.25) is 5.02 Å². The van der Waals surface area contributed by atoms with Crippen molar-refractivity contribution in [3.05, 3.63) is 111 Å². The van der Waals surface area contributed by atoms with Gasteiger partial charge in [-0.1, -0.05) is 29.4 Å². The van der Waals surface area contributed by atoms with Crippen molar-refractivity contribution in [2.75, 3.05) is 5.32 Å². The SMILES string of the molecule is Cc1c(Cl)cccc1NC(=O)c1ccc(-n2nc(Sc3ccc(F)cc3)ccc2=O)cc1. The Bertz CT molecular complexity index is 1340. The molecule has 8 heteroatoms. The fourth-order valence-corrected chi connectivity index (χ4v) is 3.90. The van der Waals surface area contributed by atoms with Crippen LogP contribution in [0.3, 0.4) is 0 Å². The van der Waals surface area contributed by atoms with Gasteiger partial charge in [0, 0.05) is 27.2 Å². The molecule has 3 aromatic carbocycles. The number of nitrogens with one attached hydrogen (secondary N) is 1. The molecule has 0 fully saturated rings. The predicted molar refractivity (Wildman–Crippen MR) is 124 cm³/mol. The highest BCUT2D eigenvalue weighted by Gasteiger charge is 2.11. The van der Waals surface area contributed by atoms with Crippen LogP contribution in [-0.2, 0) is 0 Å². The number of amides is 1. The van der Waals surface area contributed by atoms with Gasteiger partial charge in [0.15, 0.2) is 0 Å². The molecule has 5 nitrogen and oxygen atoms in total. The summed E-state index contributed by atoms with van der Waals surface area (Å²) in [7, 11) is 0.